The first-order chi connectivity index (χ1) is 13.5. The molecule has 144 valence electrons. The molecule has 7 heteroatoms. The normalized spacial score (nSPS) is 10.4. The maximum atomic E-state index is 13.8. The zero-order valence-corrected chi connectivity index (χ0v) is 15.6. The van der Waals surface area contributed by atoms with E-state index in [4.69, 9.17) is 21.1 Å². The number of methoxy groups -OCH3 is 1. The van der Waals surface area contributed by atoms with E-state index in [1.54, 1.807) is 30.3 Å². The zero-order valence-electron chi connectivity index (χ0n) is 14.8. The highest BCUT2D eigenvalue weighted by Crippen LogP contribution is 2.27. The van der Waals surface area contributed by atoms with Crippen molar-refractivity contribution in [3.8, 4) is 11.5 Å². The number of anilines is 1. The number of benzene rings is 3. The van der Waals surface area contributed by atoms with Gasteiger partial charge in [-0.3, -0.25) is 4.79 Å². The lowest BCUT2D eigenvalue weighted by molar-refractivity contribution is 0.102. The molecular formula is C21H16ClF2NO3. The van der Waals surface area contributed by atoms with E-state index in [0.717, 1.165) is 12.1 Å². The summed E-state index contributed by atoms with van der Waals surface area (Å²) in [5.74, 6) is -1.39. The van der Waals surface area contributed by atoms with Gasteiger partial charge in [-0.2, -0.15) is 0 Å². The van der Waals surface area contributed by atoms with Crippen molar-refractivity contribution in [3.63, 3.8) is 0 Å². The Balaban J connectivity index is 1.82. The third kappa shape index (κ3) is 4.40. The molecule has 3 rings (SSSR count). The molecule has 3 aromatic carbocycles. The lowest BCUT2D eigenvalue weighted by atomic mass is 10.1. The number of carbonyl (C=O) groups excluding carboxylic acids is 1. The van der Waals surface area contributed by atoms with Gasteiger partial charge in [0.2, 0.25) is 0 Å². The molecule has 0 aliphatic heterocycles. The van der Waals surface area contributed by atoms with Crippen molar-refractivity contribution in [1.82, 2.24) is 0 Å². The van der Waals surface area contributed by atoms with Crippen LogP contribution in [0.5, 0.6) is 11.5 Å². The van der Waals surface area contributed by atoms with Crippen LogP contribution in [0.4, 0.5) is 14.5 Å². The number of halogens is 3. The highest BCUT2D eigenvalue weighted by Gasteiger charge is 2.15. The van der Waals surface area contributed by atoms with E-state index < -0.39 is 23.2 Å². The van der Waals surface area contributed by atoms with Crippen LogP contribution < -0.4 is 14.8 Å². The molecule has 0 heterocycles. The first-order valence-corrected chi connectivity index (χ1v) is 8.67. The molecule has 3 aromatic rings. The maximum absolute atomic E-state index is 13.8. The third-order valence-electron chi connectivity index (χ3n) is 3.96. The summed E-state index contributed by atoms with van der Waals surface area (Å²) in [6.07, 6.45) is 0. The molecule has 0 saturated carbocycles. The molecule has 0 spiro atoms. The molecule has 0 aromatic heterocycles. The van der Waals surface area contributed by atoms with Gasteiger partial charge in [0.05, 0.1) is 12.1 Å². The van der Waals surface area contributed by atoms with Crippen LogP contribution in [0.25, 0.3) is 0 Å². The summed E-state index contributed by atoms with van der Waals surface area (Å²) in [6.45, 7) is 0.0854. The van der Waals surface area contributed by atoms with Gasteiger partial charge < -0.3 is 14.8 Å². The lowest BCUT2D eigenvalue weighted by Crippen LogP contribution is -2.15. The largest absolute Gasteiger partial charge is 0.496 e. The fraction of sp³-hybridized carbons (Fsp3) is 0.0952. The lowest BCUT2D eigenvalue weighted by Gasteiger charge is -2.13. The average molecular weight is 404 g/mol. The van der Waals surface area contributed by atoms with Crippen LogP contribution in [0.3, 0.4) is 0 Å². The van der Waals surface area contributed by atoms with E-state index in [2.05, 4.69) is 5.32 Å². The van der Waals surface area contributed by atoms with E-state index in [1.807, 2.05) is 0 Å². The van der Waals surface area contributed by atoms with Crippen LogP contribution in [-0.2, 0) is 6.61 Å². The first-order valence-electron chi connectivity index (χ1n) is 8.29. The van der Waals surface area contributed by atoms with Gasteiger partial charge in [-0.15, -0.1) is 0 Å². The number of hydrogen-bond donors (Lipinski definition) is 1. The second-order valence-corrected chi connectivity index (χ2v) is 6.20. The Morgan fingerprint density at radius 1 is 1.00 bits per heavy atom. The van der Waals surface area contributed by atoms with Crippen molar-refractivity contribution in [1.29, 1.82) is 0 Å². The summed E-state index contributed by atoms with van der Waals surface area (Å²) < 4.78 is 38.5. The van der Waals surface area contributed by atoms with E-state index in [1.165, 1.54) is 25.3 Å². The van der Waals surface area contributed by atoms with Gasteiger partial charge in [-0.05, 0) is 42.5 Å². The predicted molar refractivity (Wildman–Crippen MR) is 103 cm³/mol. The monoisotopic (exact) mass is 403 g/mol. The molecule has 0 aliphatic rings. The van der Waals surface area contributed by atoms with Crippen molar-refractivity contribution in [2.45, 2.75) is 6.61 Å². The molecule has 0 unspecified atom stereocenters. The molecule has 4 nitrogen and oxygen atoms in total. The Bertz CT molecular complexity index is 990. The van der Waals surface area contributed by atoms with Gasteiger partial charge in [-0.25, -0.2) is 8.78 Å². The topological polar surface area (TPSA) is 47.6 Å². The summed E-state index contributed by atoms with van der Waals surface area (Å²) in [5.41, 5.74) is 0.266. The highest BCUT2D eigenvalue weighted by molar-refractivity contribution is 6.32. The van der Waals surface area contributed by atoms with Crippen LogP contribution in [0.1, 0.15) is 15.9 Å². The minimum atomic E-state index is -0.857. The van der Waals surface area contributed by atoms with E-state index >= 15 is 0 Å². The Morgan fingerprint density at radius 2 is 1.71 bits per heavy atom. The van der Waals surface area contributed by atoms with Crippen LogP contribution in [-0.4, -0.2) is 13.0 Å². The van der Waals surface area contributed by atoms with Gasteiger partial charge in [0.25, 0.3) is 5.91 Å². The van der Waals surface area contributed by atoms with Crippen molar-refractivity contribution >= 4 is 23.2 Å². The molecule has 0 fully saturated rings. The summed E-state index contributed by atoms with van der Waals surface area (Å²) in [6, 6.07) is 14.9. The number of hydrogen-bond acceptors (Lipinski definition) is 3. The second-order valence-electron chi connectivity index (χ2n) is 5.80. The molecular weight excluding hydrogens is 388 g/mol. The molecule has 28 heavy (non-hydrogen) atoms. The zero-order chi connectivity index (χ0) is 20.1. The van der Waals surface area contributed by atoms with Gasteiger partial charge in [0, 0.05) is 11.1 Å². The molecule has 0 atom stereocenters. The van der Waals surface area contributed by atoms with E-state index in [-0.39, 0.29) is 12.2 Å². The number of nitrogens with one attached hydrogen (secondary N) is 1. The maximum Gasteiger partial charge on any atom is 0.255 e. The average Bonchev–Trinajstić information content (AvgIpc) is 2.70. The van der Waals surface area contributed by atoms with Crippen LogP contribution in [0, 0.1) is 11.6 Å². The number of rotatable bonds is 6. The summed E-state index contributed by atoms with van der Waals surface area (Å²) in [4.78, 5) is 12.5. The number of amides is 1. The SMILES string of the molecule is COc1ccc(C(=O)Nc2c(F)cccc2F)cc1COc1ccccc1Cl. The second kappa shape index (κ2) is 8.71. The van der Waals surface area contributed by atoms with Gasteiger partial charge in [0.1, 0.15) is 35.4 Å². The molecule has 0 radical (unpaired) electrons. The summed E-state index contributed by atoms with van der Waals surface area (Å²) in [7, 11) is 1.49. The van der Waals surface area contributed by atoms with Gasteiger partial charge in [-0.1, -0.05) is 29.8 Å². The number of ether oxygens (including phenoxy) is 2. The molecule has 1 N–H and O–H groups in total. The van der Waals surface area contributed by atoms with Crippen molar-refractivity contribution in [2.75, 3.05) is 12.4 Å². The van der Waals surface area contributed by atoms with Crippen molar-refractivity contribution < 1.29 is 23.0 Å². The van der Waals surface area contributed by atoms with Crippen LogP contribution in [0.15, 0.2) is 60.7 Å². The standard InChI is InChI=1S/C21H16ClF2NO3/c1-27-18-10-9-13(21(26)25-20-16(23)6-4-7-17(20)24)11-14(18)12-28-19-8-3-2-5-15(19)22/h2-11H,12H2,1H3,(H,25,26). The minimum absolute atomic E-state index is 0.0854. The fourth-order valence-electron chi connectivity index (χ4n) is 2.55. The number of carbonyl (C=O) groups is 1. The van der Waals surface area contributed by atoms with Crippen LogP contribution >= 0.6 is 11.6 Å². The van der Waals surface area contributed by atoms with E-state index in [9.17, 15) is 13.6 Å². The quantitative estimate of drug-likeness (QED) is 0.594. The molecule has 1 amide bonds. The van der Waals surface area contributed by atoms with Crippen LogP contribution in [0.2, 0.25) is 5.02 Å². The number of para-hydroxylation sites is 2. The summed E-state index contributed by atoms with van der Waals surface area (Å²) in [5, 5.41) is 2.70. The molecule has 0 saturated heterocycles. The van der Waals surface area contributed by atoms with Gasteiger partial charge in [0.15, 0.2) is 0 Å². The van der Waals surface area contributed by atoms with Crippen molar-refractivity contribution in [3.05, 3.63) is 88.4 Å². The molecule has 0 bridgehead atoms. The van der Waals surface area contributed by atoms with Crippen molar-refractivity contribution in [2.24, 2.45) is 0 Å². The first kappa shape index (κ1) is 19.6. The Labute approximate surface area is 165 Å². The molecule has 0 aliphatic carbocycles. The third-order valence-corrected chi connectivity index (χ3v) is 4.28. The fourth-order valence-corrected chi connectivity index (χ4v) is 2.74. The van der Waals surface area contributed by atoms with Gasteiger partial charge >= 0.3 is 0 Å². The Kier molecular flexibility index (Phi) is 6.11. The Morgan fingerprint density at radius 3 is 2.39 bits per heavy atom. The summed E-state index contributed by atoms with van der Waals surface area (Å²) >= 11 is 6.07. The highest BCUT2D eigenvalue weighted by atomic mass is 35.5. The van der Waals surface area contributed by atoms with E-state index in [0.29, 0.717) is 22.1 Å². The smallest absolute Gasteiger partial charge is 0.255 e. The minimum Gasteiger partial charge on any atom is -0.496 e. The predicted octanol–water partition coefficient (Wildman–Crippen LogP) is 5.46. The Hall–Kier alpha value is -3.12.